The van der Waals surface area contributed by atoms with Crippen molar-refractivity contribution in [1.29, 1.82) is 0 Å². The van der Waals surface area contributed by atoms with E-state index in [0.717, 1.165) is 67.1 Å². The Morgan fingerprint density at radius 2 is 1.40 bits per heavy atom. The fraction of sp³-hybridized carbons (Fsp3) is 0.0784. The van der Waals surface area contributed by atoms with Gasteiger partial charge in [-0.3, -0.25) is 15.0 Å². The van der Waals surface area contributed by atoms with Crippen LogP contribution in [0.4, 0.5) is 11.4 Å². The Kier molecular flexibility index (Phi) is 7.81. The highest BCUT2D eigenvalue weighted by Gasteiger charge is 2.38. The van der Waals surface area contributed by atoms with E-state index in [9.17, 15) is 0 Å². The standard InChI is InChI=1S/C51H38N6/c1-55-44(37-31-36(34-13-3-2-4-14-34)32-39(33-37)57-46-20-8-6-16-41(46)51-49(57)24-12-30-53-51)21-10-22-47(55)43-18-9-17-42(54-43)35-25-27-38(28-26-35)56-45-19-7-5-15-40(45)50-48(56)23-11-29-52-50/h2-33,47-48,50H,1H3. The van der Waals surface area contributed by atoms with Gasteiger partial charge in [0.2, 0.25) is 0 Å². The lowest BCUT2D eigenvalue weighted by Crippen LogP contribution is -2.28. The van der Waals surface area contributed by atoms with Gasteiger partial charge in [0.1, 0.15) is 6.04 Å². The fourth-order valence-electron chi connectivity index (χ4n) is 8.98. The minimum Gasteiger partial charge on any atom is -0.362 e. The molecular formula is C51H38N6. The molecule has 3 aliphatic rings. The highest BCUT2D eigenvalue weighted by Crippen LogP contribution is 2.47. The molecule has 0 saturated heterocycles. The number of pyridine rings is 2. The van der Waals surface area contributed by atoms with Crippen molar-refractivity contribution in [2.24, 2.45) is 4.99 Å². The fourth-order valence-corrected chi connectivity index (χ4v) is 8.98. The number of rotatable bonds is 6. The molecule has 0 radical (unpaired) electrons. The molecular weight excluding hydrogens is 697 g/mol. The molecule has 0 fully saturated rings. The van der Waals surface area contributed by atoms with Gasteiger partial charge in [0.05, 0.1) is 40.0 Å². The number of dihydropyridines is 1. The smallest absolute Gasteiger partial charge is 0.101 e. The summed E-state index contributed by atoms with van der Waals surface area (Å²) in [4.78, 5) is 19.7. The average Bonchev–Trinajstić information content (AvgIpc) is 3.80. The number of aliphatic imine (C=N–C) groups is 1. The lowest BCUT2D eigenvalue weighted by atomic mass is 9.97. The van der Waals surface area contributed by atoms with E-state index in [1.807, 2.05) is 18.5 Å². The molecule has 11 rings (SSSR count). The highest BCUT2D eigenvalue weighted by molar-refractivity contribution is 6.07. The van der Waals surface area contributed by atoms with Gasteiger partial charge in [-0.05, 0) is 90.0 Å². The van der Waals surface area contributed by atoms with Crippen molar-refractivity contribution in [3.63, 3.8) is 0 Å². The van der Waals surface area contributed by atoms with E-state index < -0.39 is 0 Å². The van der Waals surface area contributed by atoms with E-state index >= 15 is 0 Å². The van der Waals surface area contributed by atoms with Gasteiger partial charge >= 0.3 is 0 Å². The number of anilines is 2. The van der Waals surface area contributed by atoms with Crippen LogP contribution in [-0.2, 0) is 0 Å². The number of allylic oxidation sites excluding steroid dienone is 3. The van der Waals surface area contributed by atoms with Gasteiger partial charge in [0.15, 0.2) is 0 Å². The summed E-state index contributed by atoms with van der Waals surface area (Å²) in [6.07, 6.45) is 14.7. The first-order valence-electron chi connectivity index (χ1n) is 19.5. The number of hydrogen-bond donors (Lipinski definition) is 0. The van der Waals surface area contributed by atoms with Crippen LogP contribution >= 0.6 is 0 Å². The molecule has 3 aromatic heterocycles. The van der Waals surface area contributed by atoms with Gasteiger partial charge in [-0.25, -0.2) is 0 Å². The summed E-state index contributed by atoms with van der Waals surface area (Å²) in [6.45, 7) is 0. The maximum absolute atomic E-state index is 5.29. The first kappa shape index (κ1) is 33.1. The van der Waals surface area contributed by atoms with Crippen molar-refractivity contribution in [1.82, 2.24) is 19.4 Å². The quantitative estimate of drug-likeness (QED) is 0.171. The lowest BCUT2D eigenvalue weighted by Gasteiger charge is -2.33. The zero-order valence-electron chi connectivity index (χ0n) is 31.4. The SMILES string of the molecule is CN1C(c2cc(-c3ccccc3)cc(-n3c4ccccc4c4ncccc43)c2)=CC=CC1c1cccc(-c2ccc(N3c4ccccc4C4N=CC=CC43)cc2)n1. The van der Waals surface area contributed by atoms with E-state index in [0.29, 0.717) is 0 Å². The van der Waals surface area contributed by atoms with Crippen molar-refractivity contribution < 1.29 is 0 Å². The van der Waals surface area contributed by atoms with Gasteiger partial charge in [-0.1, -0.05) is 103 Å². The summed E-state index contributed by atoms with van der Waals surface area (Å²) in [5.74, 6) is 0. The van der Waals surface area contributed by atoms with Crippen molar-refractivity contribution in [2.45, 2.75) is 18.1 Å². The predicted octanol–water partition coefficient (Wildman–Crippen LogP) is 11.7. The van der Waals surface area contributed by atoms with E-state index in [1.165, 1.54) is 16.8 Å². The number of para-hydroxylation sites is 2. The second-order valence-electron chi connectivity index (χ2n) is 14.9. The van der Waals surface area contributed by atoms with Gasteiger partial charge in [-0.2, -0.15) is 0 Å². The Hall–Kier alpha value is -7.31. The van der Waals surface area contributed by atoms with Crippen LogP contribution in [0, 0.1) is 0 Å². The average molecular weight is 735 g/mol. The number of fused-ring (bicyclic) bond motifs is 6. The molecule has 3 aliphatic heterocycles. The molecule has 0 amide bonds. The minimum atomic E-state index is -0.0535. The third-order valence-corrected chi connectivity index (χ3v) is 11.6. The zero-order chi connectivity index (χ0) is 37.9. The number of hydrogen-bond acceptors (Lipinski definition) is 5. The van der Waals surface area contributed by atoms with Crippen LogP contribution in [0.25, 0.3) is 55.7 Å². The van der Waals surface area contributed by atoms with E-state index in [1.54, 1.807) is 0 Å². The molecule has 0 spiro atoms. The van der Waals surface area contributed by atoms with Crippen LogP contribution < -0.4 is 4.90 Å². The number of aromatic nitrogens is 3. The third-order valence-electron chi connectivity index (χ3n) is 11.6. The topological polar surface area (TPSA) is 49.6 Å². The van der Waals surface area contributed by atoms with E-state index in [2.05, 4.69) is 197 Å². The van der Waals surface area contributed by atoms with Crippen LogP contribution in [0.15, 0.2) is 193 Å². The molecule has 6 heterocycles. The van der Waals surface area contributed by atoms with Crippen molar-refractivity contribution in [2.75, 3.05) is 11.9 Å². The van der Waals surface area contributed by atoms with Gasteiger partial charge < -0.3 is 14.4 Å². The number of likely N-dealkylation sites (N-methyl/N-ethyl adjacent to an activating group) is 1. The second kappa shape index (κ2) is 13.5. The molecule has 5 aromatic carbocycles. The van der Waals surface area contributed by atoms with Crippen LogP contribution in [0.2, 0.25) is 0 Å². The van der Waals surface area contributed by atoms with Crippen LogP contribution in [-0.4, -0.2) is 38.7 Å². The monoisotopic (exact) mass is 734 g/mol. The molecule has 0 saturated carbocycles. The summed E-state index contributed by atoms with van der Waals surface area (Å²) in [5, 5.41) is 1.14. The molecule has 6 heteroatoms. The Balaban J connectivity index is 0.937. The third kappa shape index (κ3) is 5.52. The van der Waals surface area contributed by atoms with Gasteiger partial charge in [-0.15, -0.1) is 0 Å². The predicted molar refractivity (Wildman–Crippen MR) is 234 cm³/mol. The summed E-state index contributed by atoms with van der Waals surface area (Å²) < 4.78 is 2.35. The normalized spacial score (nSPS) is 18.3. The summed E-state index contributed by atoms with van der Waals surface area (Å²) in [5.41, 5.74) is 15.6. The molecule has 57 heavy (non-hydrogen) atoms. The molecule has 272 valence electrons. The van der Waals surface area contributed by atoms with E-state index in [-0.39, 0.29) is 18.1 Å². The molecule has 0 N–H and O–H groups in total. The maximum Gasteiger partial charge on any atom is 0.101 e. The second-order valence-corrected chi connectivity index (χ2v) is 14.9. The number of benzene rings is 5. The van der Waals surface area contributed by atoms with Crippen LogP contribution in [0.5, 0.6) is 0 Å². The van der Waals surface area contributed by atoms with Crippen LogP contribution in [0.1, 0.15) is 28.9 Å². The molecule has 3 atom stereocenters. The van der Waals surface area contributed by atoms with Gasteiger partial charge in [0.25, 0.3) is 0 Å². The molecule has 8 aromatic rings. The molecule has 0 bridgehead atoms. The molecule has 6 nitrogen and oxygen atoms in total. The van der Waals surface area contributed by atoms with Crippen molar-refractivity contribution in [3.8, 4) is 28.1 Å². The van der Waals surface area contributed by atoms with E-state index in [4.69, 9.17) is 15.0 Å². The summed E-state index contributed by atoms with van der Waals surface area (Å²) >= 11 is 0. The first-order chi connectivity index (χ1) is 28.2. The Morgan fingerprint density at radius 1 is 0.596 bits per heavy atom. The number of nitrogens with zero attached hydrogens (tertiary/aromatic N) is 6. The Labute approximate surface area is 331 Å². The van der Waals surface area contributed by atoms with Gasteiger partial charge in [0, 0.05) is 64.3 Å². The lowest BCUT2D eigenvalue weighted by molar-refractivity contribution is 0.405. The summed E-state index contributed by atoms with van der Waals surface area (Å²) in [7, 11) is 2.17. The zero-order valence-corrected chi connectivity index (χ0v) is 31.4. The largest absolute Gasteiger partial charge is 0.362 e. The van der Waals surface area contributed by atoms with Crippen LogP contribution in [0.3, 0.4) is 0 Å². The van der Waals surface area contributed by atoms with Crippen molar-refractivity contribution >= 4 is 45.2 Å². The van der Waals surface area contributed by atoms with Crippen molar-refractivity contribution in [3.05, 3.63) is 205 Å². The Bertz CT molecular complexity index is 2900. The molecule has 3 unspecified atom stereocenters. The maximum atomic E-state index is 5.29. The summed E-state index contributed by atoms with van der Waals surface area (Å²) in [6, 6.07) is 54.3. The minimum absolute atomic E-state index is 0.0535. The molecule has 0 aliphatic carbocycles. The highest BCUT2D eigenvalue weighted by atomic mass is 15.2. The Morgan fingerprint density at radius 3 is 2.32 bits per heavy atom. The first-order valence-corrected chi connectivity index (χ1v) is 19.5.